The van der Waals surface area contributed by atoms with E-state index < -0.39 is 0 Å². The molecule has 0 atom stereocenters. The Bertz CT molecular complexity index is 137. The van der Waals surface area contributed by atoms with Gasteiger partial charge in [-0.25, -0.2) is 0 Å². The average molecular weight is 171 g/mol. The summed E-state index contributed by atoms with van der Waals surface area (Å²) < 4.78 is 0. The lowest BCUT2D eigenvalue weighted by Gasteiger charge is -2.38. The molecule has 0 aromatic rings. The van der Waals surface area contributed by atoms with Crippen molar-refractivity contribution >= 4 is 5.78 Å². The molecule has 1 rings (SSSR count). The molecular formula is C10H21NO. The fourth-order valence-corrected chi connectivity index (χ4v) is 1.34. The van der Waals surface area contributed by atoms with Crippen LogP contribution in [0.5, 0.6) is 0 Å². The molecule has 0 heterocycles. The summed E-state index contributed by atoms with van der Waals surface area (Å²) in [6, 6.07) is 0.661. The Balaban J connectivity index is 0.000000561. The second kappa shape index (κ2) is 5.31. The van der Waals surface area contributed by atoms with Crippen molar-refractivity contribution in [2.45, 2.75) is 39.7 Å². The minimum absolute atomic E-state index is 0.359. The molecule has 1 aliphatic carbocycles. The van der Waals surface area contributed by atoms with Gasteiger partial charge in [-0.2, -0.15) is 0 Å². The van der Waals surface area contributed by atoms with Crippen LogP contribution in [0.1, 0.15) is 33.6 Å². The maximum absolute atomic E-state index is 10.8. The molecule has 0 aliphatic heterocycles. The molecule has 1 fully saturated rings. The Hall–Kier alpha value is -0.370. The molecule has 0 aromatic heterocycles. The standard InChI is InChI=1S/C8H15NO.C2H6/c1-6(10)7-4-8(5-7)9(2)3;1-2/h7-8H,4-5H2,1-3H3;1-2H3. The minimum Gasteiger partial charge on any atom is -0.306 e. The highest BCUT2D eigenvalue weighted by Gasteiger charge is 2.33. The van der Waals surface area contributed by atoms with E-state index in [1.165, 1.54) is 0 Å². The summed E-state index contributed by atoms with van der Waals surface area (Å²) in [7, 11) is 4.14. The van der Waals surface area contributed by atoms with Crippen molar-refractivity contribution in [2.24, 2.45) is 5.92 Å². The van der Waals surface area contributed by atoms with Crippen LogP contribution in [0.2, 0.25) is 0 Å². The number of ketones is 1. The van der Waals surface area contributed by atoms with Gasteiger partial charge in [0.1, 0.15) is 5.78 Å². The third-order valence-corrected chi connectivity index (χ3v) is 2.42. The van der Waals surface area contributed by atoms with Gasteiger partial charge in [0, 0.05) is 12.0 Å². The van der Waals surface area contributed by atoms with E-state index in [-0.39, 0.29) is 0 Å². The first kappa shape index (κ1) is 11.6. The Morgan fingerprint density at radius 2 is 1.67 bits per heavy atom. The predicted octanol–water partition coefficient (Wildman–Crippen LogP) is 1.94. The molecule has 0 spiro atoms. The fraction of sp³-hybridized carbons (Fsp3) is 0.900. The van der Waals surface area contributed by atoms with Crippen LogP contribution >= 0.6 is 0 Å². The summed E-state index contributed by atoms with van der Waals surface area (Å²) in [5.41, 5.74) is 0. The molecule has 0 radical (unpaired) electrons. The van der Waals surface area contributed by atoms with E-state index in [4.69, 9.17) is 0 Å². The Morgan fingerprint density at radius 3 is 1.92 bits per heavy atom. The molecule has 0 saturated heterocycles. The molecule has 2 nitrogen and oxygen atoms in total. The summed E-state index contributed by atoms with van der Waals surface area (Å²) in [4.78, 5) is 13.0. The van der Waals surface area contributed by atoms with Crippen molar-refractivity contribution in [1.29, 1.82) is 0 Å². The molecule has 12 heavy (non-hydrogen) atoms. The number of Topliss-reactive ketones (excluding diaryl/α,β-unsaturated/α-hetero) is 1. The van der Waals surface area contributed by atoms with E-state index in [2.05, 4.69) is 19.0 Å². The molecule has 1 aliphatic rings. The average Bonchev–Trinajstić information content (AvgIpc) is 1.86. The Morgan fingerprint density at radius 1 is 1.25 bits per heavy atom. The molecular weight excluding hydrogens is 150 g/mol. The molecule has 0 aromatic carbocycles. The minimum atomic E-state index is 0.359. The van der Waals surface area contributed by atoms with Gasteiger partial charge in [-0.05, 0) is 33.9 Å². The summed E-state index contributed by atoms with van der Waals surface area (Å²) >= 11 is 0. The number of nitrogens with zero attached hydrogens (tertiary/aromatic N) is 1. The fourth-order valence-electron chi connectivity index (χ4n) is 1.34. The number of hydrogen-bond acceptors (Lipinski definition) is 2. The van der Waals surface area contributed by atoms with E-state index in [0.717, 1.165) is 12.8 Å². The summed E-state index contributed by atoms with van der Waals surface area (Å²) in [6.45, 7) is 5.69. The quantitative estimate of drug-likeness (QED) is 0.633. The van der Waals surface area contributed by atoms with Crippen LogP contribution in [-0.2, 0) is 4.79 Å². The summed E-state index contributed by atoms with van der Waals surface area (Å²) in [5, 5.41) is 0. The molecule has 0 bridgehead atoms. The maximum atomic E-state index is 10.8. The van der Waals surface area contributed by atoms with Gasteiger partial charge in [-0.15, -0.1) is 0 Å². The second-order valence-electron chi connectivity index (χ2n) is 3.40. The first-order chi connectivity index (χ1) is 5.61. The van der Waals surface area contributed by atoms with Crippen molar-refractivity contribution in [3.05, 3.63) is 0 Å². The van der Waals surface area contributed by atoms with Crippen molar-refractivity contribution < 1.29 is 4.79 Å². The zero-order valence-corrected chi connectivity index (χ0v) is 8.92. The zero-order valence-electron chi connectivity index (χ0n) is 8.92. The summed E-state index contributed by atoms with van der Waals surface area (Å²) in [6.07, 6.45) is 2.14. The van der Waals surface area contributed by atoms with Gasteiger partial charge in [0.25, 0.3) is 0 Å². The first-order valence-corrected chi connectivity index (χ1v) is 4.78. The van der Waals surface area contributed by atoms with Gasteiger partial charge < -0.3 is 4.90 Å². The number of carbonyl (C=O) groups is 1. The van der Waals surface area contributed by atoms with Gasteiger partial charge in [-0.1, -0.05) is 13.8 Å². The van der Waals surface area contributed by atoms with Gasteiger partial charge >= 0.3 is 0 Å². The third-order valence-electron chi connectivity index (χ3n) is 2.42. The largest absolute Gasteiger partial charge is 0.306 e. The van der Waals surface area contributed by atoms with E-state index >= 15 is 0 Å². The summed E-state index contributed by atoms with van der Waals surface area (Å²) in [5.74, 6) is 0.727. The zero-order chi connectivity index (χ0) is 9.72. The van der Waals surface area contributed by atoms with Crippen LogP contribution in [0.15, 0.2) is 0 Å². The van der Waals surface area contributed by atoms with Crippen molar-refractivity contribution in [1.82, 2.24) is 4.90 Å². The normalized spacial score (nSPS) is 27.2. The van der Waals surface area contributed by atoms with Crippen molar-refractivity contribution in [2.75, 3.05) is 14.1 Å². The van der Waals surface area contributed by atoms with Crippen LogP contribution < -0.4 is 0 Å². The van der Waals surface area contributed by atoms with E-state index in [1.54, 1.807) is 6.92 Å². The lowest BCUT2D eigenvalue weighted by atomic mass is 9.77. The molecule has 2 heteroatoms. The molecule has 0 unspecified atom stereocenters. The van der Waals surface area contributed by atoms with Crippen LogP contribution in [0.3, 0.4) is 0 Å². The van der Waals surface area contributed by atoms with Gasteiger partial charge in [-0.3, -0.25) is 4.79 Å². The first-order valence-electron chi connectivity index (χ1n) is 4.78. The van der Waals surface area contributed by atoms with Gasteiger partial charge in [0.15, 0.2) is 0 Å². The molecule has 1 saturated carbocycles. The highest BCUT2D eigenvalue weighted by atomic mass is 16.1. The Labute approximate surface area is 75.9 Å². The van der Waals surface area contributed by atoms with Crippen LogP contribution in [0.4, 0.5) is 0 Å². The topological polar surface area (TPSA) is 20.3 Å². The second-order valence-corrected chi connectivity index (χ2v) is 3.40. The lowest BCUT2D eigenvalue weighted by molar-refractivity contribution is -0.124. The van der Waals surface area contributed by atoms with E-state index in [1.807, 2.05) is 13.8 Å². The highest BCUT2D eigenvalue weighted by Crippen LogP contribution is 2.30. The van der Waals surface area contributed by atoms with E-state index in [9.17, 15) is 4.79 Å². The lowest BCUT2D eigenvalue weighted by Crippen LogP contribution is -2.42. The highest BCUT2D eigenvalue weighted by molar-refractivity contribution is 5.79. The van der Waals surface area contributed by atoms with Crippen LogP contribution in [0, 0.1) is 5.92 Å². The van der Waals surface area contributed by atoms with Crippen molar-refractivity contribution in [3.63, 3.8) is 0 Å². The van der Waals surface area contributed by atoms with Crippen molar-refractivity contribution in [3.8, 4) is 0 Å². The SMILES string of the molecule is CC.CC(=O)C1CC(N(C)C)C1. The van der Waals surface area contributed by atoms with Crippen LogP contribution in [0.25, 0.3) is 0 Å². The van der Waals surface area contributed by atoms with Crippen LogP contribution in [-0.4, -0.2) is 30.8 Å². The number of rotatable bonds is 2. The molecule has 72 valence electrons. The maximum Gasteiger partial charge on any atom is 0.133 e. The monoisotopic (exact) mass is 171 g/mol. The predicted molar refractivity (Wildman–Crippen MR) is 52.2 cm³/mol. The molecule has 0 amide bonds. The van der Waals surface area contributed by atoms with Gasteiger partial charge in [0.05, 0.1) is 0 Å². The number of carbonyl (C=O) groups excluding carboxylic acids is 1. The molecule has 0 N–H and O–H groups in total. The third kappa shape index (κ3) is 2.94. The smallest absolute Gasteiger partial charge is 0.133 e. The van der Waals surface area contributed by atoms with E-state index in [0.29, 0.717) is 17.7 Å². The van der Waals surface area contributed by atoms with Gasteiger partial charge in [0.2, 0.25) is 0 Å². The number of hydrogen-bond donors (Lipinski definition) is 0. The Kier molecular flexibility index (Phi) is 5.14.